The number of hydrogen-bond donors (Lipinski definition) is 1. The lowest BCUT2D eigenvalue weighted by atomic mass is 9.76. The molecular formula is C19H20O4. The standard InChI is InChI=1S/C19H20O4/c1-3-23-19(14(2)18(21)22,16-12-8-5-9-13-16)17(20)15-10-6-4-7-11-15/h4-14H,3H2,1-2H3,(H,21,22). The first kappa shape index (κ1) is 16.9. The fourth-order valence-corrected chi connectivity index (χ4v) is 2.74. The first-order valence-corrected chi connectivity index (χ1v) is 7.56. The zero-order valence-electron chi connectivity index (χ0n) is 13.2. The highest BCUT2D eigenvalue weighted by Crippen LogP contribution is 2.37. The van der Waals surface area contributed by atoms with Crippen LogP contribution in [0, 0.1) is 5.92 Å². The third-order valence-corrected chi connectivity index (χ3v) is 3.93. The van der Waals surface area contributed by atoms with Crippen LogP contribution >= 0.6 is 0 Å². The van der Waals surface area contributed by atoms with Crippen LogP contribution in [0.3, 0.4) is 0 Å². The maximum absolute atomic E-state index is 13.2. The van der Waals surface area contributed by atoms with Gasteiger partial charge in [0.2, 0.25) is 0 Å². The normalized spacial score (nSPS) is 14.7. The first-order chi connectivity index (χ1) is 11.0. The number of Topliss-reactive ketones (excluding diaryl/α,β-unsaturated/α-hetero) is 1. The molecule has 0 aliphatic carbocycles. The van der Waals surface area contributed by atoms with Gasteiger partial charge in [0.1, 0.15) is 0 Å². The van der Waals surface area contributed by atoms with Gasteiger partial charge in [-0.25, -0.2) is 0 Å². The molecule has 2 unspecified atom stereocenters. The Bertz CT molecular complexity index is 666. The van der Waals surface area contributed by atoms with Crippen molar-refractivity contribution in [1.29, 1.82) is 0 Å². The second-order valence-electron chi connectivity index (χ2n) is 5.29. The molecule has 2 aromatic rings. The second-order valence-corrected chi connectivity index (χ2v) is 5.29. The van der Waals surface area contributed by atoms with Crippen molar-refractivity contribution in [3.8, 4) is 0 Å². The molecule has 2 rings (SSSR count). The van der Waals surface area contributed by atoms with E-state index in [0.717, 1.165) is 0 Å². The van der Waals surface area contributed by atoms with Gasteiger partial charge >= 0.3 is 5.97 Å². The van der Waals surface area contributed by atoms with Crippen molar-refractivity contribution in [3.63, 3.8) is 0 Å². The van der Waals surface area contributed by atoms with E-state index in [2.05, 4.69) is 0 Å². The summed E-state index contributed by atoms with van der Waals surface area (Å²) in [6, 6.07) is 17.5. The van der Waals surface area contributed by atoms with E-state index in [1.54, 1.807) is 55.5 Å². The van der Waals surface area contributed by atoms with Crippen LogP contribution in [0.4, 0.5) is 0 Å². The minimum absolute atomic E-state index is 0.227. The van der Waals surface area contributed by atoms with E-state index in [1.807, 2.05) is 12.1 Å². The first-order valence-electron chi connectivity index (χ1n) is 7.56. The largest absolute Gasteiger partial charge is 0.481 e. The van der Waals surface area contributed by atoms with Crippen molar-refractivity contribution in [2.24, 2.45) is 5.92 Å². The molecule has 0 aromatic heterocycles. The van der Waals surface area contributed by atoms with Crippen LogP contribution in [0.2, 0.25) is 0 Å². The van der Waals surface area contributed by atoms with E-state index in [9.17, 15) is 14.7 Å². The molecule has 0 saturated heterocycles. The number of carboxylic acids is 1. The number of aliphatic carboxylic acids is 1. The Hall–Kier alpha value is -2.46. The second kappa shape index (κ2) is 7.20. The highest BCUT2D eigenvalue weighted by atomic mass is 16.5. The summed E-state index contributed by atoms with van der Waals surface area (Å²) in [5.41, 5.74) is -0.577. The van der Waals surface area contributed by atoms with Crippen molar-refractivity contribution in [2.75, 3.05) is 6.61 Å². The van der Waals surface area contributed by atoms with Crippen LogP contribution in [0.1, 0.15) is 29.8 Å². The van der Waals surface area contributed by atoms with Gasteiger partial charge in [-0.15, -0.1) is 0 Å². The third kappa shape index (κ3) is 3.17. The molecule has 0 radical (unpaired) electrons. The molecule has 0 amide bonds. The molecule has 2 atom stereocenters. The summed E-state index contributed by atoms with van der Waals surface area (Å²) in [5.74, 6) is -2.45. The Morgan fingerprint density at radius 3 is 2.04 bits per heavy atom. The molecule has 0 bridgehead atoms. The fraction of sp³-hybridized carbons (Fsp3) is 0.263. The molecule has 0 fully saturated rings. The van der Waals surface area contributed by atoms with Crippen molar-refractivity contribution in [1.82, 2.24) is 0 Å². The maximum Gasteiger partial charge on any atom is 0.310 e. The number of carbonyl (C=O) groups excluding carboxylic acids is 1. The van der Waals surface area contributed by atoms with E-state index in [0.29, 0.717) is 11.1 Å². The van der Waals surface area contributed by atoms with Gasteiger partial charge in [0.25, 0.3) is 0 Å². The molecule has 0 aliphatic heterocycles. The van der Waals surface area contributed by atoms with Crippen LogP contribution in [0.25, 0.3) is 0 Å². The van der Waals surface area contributed by atoms with E-state index in [4.69, 9.17) is 4.74 Å². The lowest BCUT2D eigenvalue weighted by molar-refractivity contribution is -0.152. The lowest BCUT2D eigenvalue weighted by Gasteiger charge is -2.36. The topological polar surface area (TPSA) is 63.6 Å². The summed E-state index contributed by atoms with van der Waals surface area (Å²) < 4.78 is 5.82. The predicted octanol–water partition coefficient (Wildman–Crippen LogP) is 3.52. The van der Waals surface area contributed by atoms with Crippen LogP contribution < -0.4 is 0 Å². The summed E-state index contributed by atoms with van der Waals surface area (Å²) in [5, 5.41) is 9.57. The maximum atomic E-state index is 13.2. The van der Waals surface area contributed by atoms with Crippen molar-refractivity contribution in [3.05, 3.63) is 71.8 Å². The van der Waals surface area contributed by atoms with Gasteiger partial charge < -0.3 is 9.84 Å². The minimum Gasteiger partial charge on any atom is -0.481 e. The number of rotatable bonds is 7. The molecule has 120 valence electrons. The van der Waals surface area contributed by atoms with Gasteiger partial charge in [-0.05, 0) is 19.4 Å². The summed E-state index contributed by atoms with van der Waals surface area (Å²) in [4.78, 5) is 24.9. The van der Waals surface area contributed by atoms with E-state index in [1.165, 1.54) is 6.92 Å². The van der Waals surface area contributed by atoms with Crippen LogP contribution in [0.15, 0.2) is 60.7 Å². The summed E-state index contributed by atoms with van der Waals surface area (Å²) >= 11 is 0. The van der Waals surface area contributed by atoms with E-state index in [-0.39, 0.29) is 12.4 Å². The number of ketones is 1. The molecule has 0 heterocycles. The number of carbonyl (C=O) groups is 2. The van der Waals surface area contributed by atoms with Gasteiger partial charge in [-0.1, -0.05) is 60.7 Å². The van der Waals surface area contributed by atoms with E-state index >= 15 is 0 Å². The van der Waals surface area contributed by atoms with Gasteiger partial charge in [0, 0.05) is 12.2 Å². The average Bonchev–Trinajstić information content (AvgIpc) is 2.60. The summed E-state index contributed by atoms with van der Waals surface area (Å²) in [7, 11) is 0. The summed E-state index contributed by atoms with van der Waals surface area (Å²) in [6.45, 7) is 3.49. The lowest BCUT2D eigenvalue weighted by Crippen LogP contribution is -2.47. The highest BCUT2D eigenvalue weighted by Gasteiger charge is 2.49. The Labute approximate surface area is 135 Å². The number of carboxylic acid groups (broad SMARTS) is 1. The molecule has 4 nitrogen and oxygen atoms in total. The zero-order chi connectivity index (χ0) is 16.9. The number of ether oxygens (including phenoxy) is 1. The van der Waals surface area contributed by atoms with Crippen LogP contribution in [0.5, 0.6) is 0 Å². The summed E-state index contributed by atoms with van der Waals surface area (Å²) in [6.07, 6.45) is 0. The fourth-order valence-electron chi connectivity index (χ4n) is 2.74. The molecular weight excluding hydrogens is 292 g/mol. The van der Waals surface area contributed by atoms with Gasteiger partial charge in [-0.2, -0.15) is 0 Å². The zero-order valence-corrected chi connectivity index (χ0v) is 13.2. The molecule has 0 aliphatic rings. The quantitative estimate of drug-likeness (QED) is 0.795. The molecule has 23 heavy (non-hydrogen) atoms. The van der Waals surface area contributed by atoms with Crippen LogP contribution in [-0.2, 0) is 15.1 Å². The number of benzene rings is 2. The minimum atomic E-state index is -1.55. The molecule has 1 N–H and O–H groups in total. The van der Waals surface area contributed by atoms with Gasteiger partial charge in [-0.3, -0.25) is 9.59 Å². The van der Waals surface area contributed by atoms with Crippen molar-refractivity contribution >= 4 is 11.8 Å². The van der Waals surface area contributed by atoms with Crippen LogP contribution in [-0.4, -0.2) is 23.5 Å². The van der Waals surface area contributed by atoms with Gasteiger partial charge in [0.15, 0.2) is 11.4 Å². The molecule has 4 heteroatoms. The van der Waals surface area contributed by atoms with Gasteiger partial charge in [0.05, 0.1) is 5.92 Å². The molecule has 0 saturated carbocycles. The average molecular weight is 312 g/mol. The van der Waals surface area contributed by atoms with Crippen molar-refractivity contribution < 1.29 is 19.4 Å². The Balaban J connectivity index is 2.66. The van der Waals surface area contributed by atoms with Crippen molar-refractivity contribution in [2.45, 2.75) is 19.4 Å². The SMILES string of the molecule is CCOC(C(=O)c1ccccc1)(c1ccccc1)C(C)C(=O)O. The molecule has 0 spiro atoms. The molecule has 2 aromatic carbocycles. The predicted molar refractivity (Wildman–Crippen MR) is 87.3 cm³/mol. The Kier molecular flexibility index (Phi) is 5.29. The smallest absolute Gasteiger partial charge is 0.310 e. The highest BCUT2D eigenvalue weighted by molar-refractivity contribution is 6.05. The monoisotopic (exact) mass is 312 g/mol. The Morgan fingerprint density at radius 2 is 1.57 bits per heavy atom. The third-order valence-electron chi connectivity index (χ3n) is 3.93. The Morgan fingerprint density at radius 1 is 1.04 bits per heavy atom. The van der Waals surface area contributed by atoms with E-state index < -0.39 is 17.5 Å². The number of hydrogen-bond acceptors (Lipinski definition) is 3.